The van der Waals surface area contributed by atoms with Crippen molar-refractivity contribution in [3.63, 3.8) is 0 Å². The zero-order chi connectivity index (χ0) is 58.5. The van der Waals surface area contributed by atoms with E-state index in [4.69, 9.17) is 14.2 Å². The lowest BCUT2D eigenvalue weighted by Crippen LogP contribution is -2.30. The quantitative estimate of drug-likeness (QED) is 0.0261. The molecule has 0 saturated heterocycles. The molecule has 6 nitrogen and oxygen atoms in total. The molecule has 0 bridgehead atoms. The maximum atomic E-state index is 12.9. The van der Waals surface area contributed by atoms with Crippen LogP contribution in [0.5, 0.6) is 0 Å². The molecule has 0 aromatic rings. The minimum atomic E-state index is -0.771. The molecule has 0 spiro atoms. The first-order valence-corrected chi connectivity index (χ1v) is 35.8. The van der Waals surface area contributed by atoms with E-state index in [0.717, 1.165) is 83.5 Å². The number of rotatable bonds is 66. The molecule has 0 aromatic carbocycles. The molecule has 0 rings (SSSR count). The van der Waals surface area contributed by atoms with E-state index in [0.29, 0.717) is 19.3 Å². The van der Waals surface area contributed by atoms with Gasteiger partial charge >= 0.3 is 17.9 Å². The molecule has 0 aliphatic rings. The number of carbonyl (C=O) groups excluding carboxylic acids is 3. The molecule has 472 valence electrons. The number of ether oxygens (including phenoxy) is 3. The first-order valence-electron chi connectivity index (χ1n) is 35.8. The third-order valence-corrected chi connectivity index (χ3v) is 16.0. The zero-order valence-corrected chi connectivity index (χ0v) is 54.3. The molecule has 0 amide bonds. The lowest BCUT2D eigenvalue weighted by molar-refractivity contribution is -0.167. The second-order valence-corrected chi connectivity index (χ2v) is 24.1. The number of esters is 3. The average molecular weight is 1130 g/mol. The van der Waals surface area contributed by atoms with Crippen LogP contribution in [0.2, 0.25) is 0 Å². The molecule has 0 N–H and O–H groups in total. The number of unbranched alkanes of at least 4 members (excludes halogenated alkanes) is 45. The standard InChI is InChI=1S/C75H136O6/c1-4-7-10-13-16-19-21-23-25-27-29-31-33-35-37-39-41-43-45-47-49-51-53-56-59-62-65-68-74(77)80-71-72(70-79-73(76)67-64-61-58-55-18-15-12-9-6-3)81-75(78)69-66-63-60-57-54-52-50-48-46-44-42-40-38-36-34-32-30-28-26-24-22-20-17-14-11-8-5-2/h7,10,16,19,23,25,28-31,72H,4-6,8-9,11-15,17-18,20-22,24,26-27,32-71H2,1-3H3/b10-7-,19-16-,25-23-,30-28-,31-29-. The second kappa shape index (κ2) is 69.6. The molecule has 1 unspecified atom stereocenters. The van der Waals surface area contributed by atoms with Crippen LogP contribution in [0.25, 0.3) is 0 Å². The van der Waals surface area contributed by atoms with Crippen LogP contribution in [0.4, 0.5) is 0 Å². The Morgan fingerprint density at radius 1 is 0.259 bits per heavy atom. The van der Waals surface area contributed by atoms with Crippen LogP contribution in [-0.4, -0.2) is 37.2 Å². The van der Waals surface area contributed by atoms with Crippen LogP contribution in [0.15, 0.2) is 60.8 Å². The zero-order valence-electron chi connectivity index (χ0n) is 54.3. The summed E-state index contributed by atoms with van der Waals surface area (Å²) in [5.74, 6) is -0.848. The van der Waals surface area contributed by atoms with Gasteiger partial charge in [-0.1, -0.05) is 338 Å². The first kappa shape index (κ1) is 78.1. The monoisotopic (exact) mass is 1130 g/mol. The molecule has 0 radical (unpaired) electrons. The minimum absolute atomic E-state index is 0.0689. The number of hydrogen-bond acceptors (Lipinski definition) is 6. The molecule has 0 aliphatic carbocycles. The summed E-state index contributed by atoms with van der Waals surface area (Å²) < 4.78 is 16.9. The van der Waals surface area contributed by atoms with Gasteiger partial charge in [-0.25, -0.2) is 0 Å². The SMILES string of the molecule is CC/C=C\C/C=C\C/C=C\C/C=C\CCCCCCCCCCCCCCCCC(=O)OCC(COC(=O)CCCCCCCCCCC)OC(=O)CCCCCCCCCCCCCCCCC/C=C\CCCCCCCCCC. The van der Waals surface area contributed by atoms with Crippen molar-refractivity contribution < 1.29 is 28.6 Å². The summed E-state index contributed by atoms with van der Waals surface area (Å²) in [5, 5.41) is 0. The normalized spacial score (nSPS) is 12.4. The summed E-state index contributed by atoms with van der Waals surface area (Å²) in [6.45, 7) is 6.57. The van der Waals surface area contributed by atoms with Gasteiger partial charge in [0.1, 0.15) is 13.2 Å². The Labute approximate surface area is 504 Å². The van der Waals surface area contributed by atoms with E-state index in [1.807, 2.05) is 0 Å². The Bertz CT molecular complexity index is 1440. The van der Waals surface area contributed by atoms with Crippen molar-refractivity contribution in [3.05, 3.63) is 60.8 Å². The number of allylic oxidation sites excluding steroid dienone is 10. The fourth-order valence-corrected chi connectivity index (χ4v) is 10.7. The van der Waals surface area contributed by atoms with E-state index in [-0.39, 0.29) is 31.1 Å². The number of carbonyl (C=O) groups is 3. The molecular weight excluding hydrogens is 997 g/mol. The molecule has 0 saturated carbocycles. The van der Waals surface area contributed by atoms with Gasteiger partial charge in [-0.2, -0.15) is 0 Å². The van der Waals surface area contributed by atoms with Crippen LogP contribution in [-0.2, 0) is 28.6 Å². The fraction of sp³-hybridized carbons (Fsp3) is 0.827. The largest absolute Gasteiger partial charge is 0.462 e. The summed E-state index contributed by atoms with van der Waals surface area (Å²) in [4.78, 5) is 38.3. The highest BCUT2D eigenvalue weighted by Crippen LogP contribution is 2.18. The molecule has 1 atom stereocenters. The average Bonchev–Trinajstić information content (AvgIpc) is 3.47. The highest BCUT2D eigenvalue weighted by Gasteiger charge is 2.19. The molecule has 6 heteroatoms. The molecule has 0 heterocycles. The summed E-state index contributed by atoms with van der Waals surface area (Å²) in [7, 11) is 0. The highest BCUT2D eigenvalue weighted by atomic mass is 16.6. The van der Waals surface area contributed by atoms with Crippen molar-refractivity contribution in [2.45, 2.75) is 386 Å². The van der Waals surface area contributed by atoms with Crippen LogP contribution in [0, 0.1) is 0 Å². The lowest BCUT2D eigenvalue weighted by atomic mass is 10.0. The number of hydrogen-bond donors (Lipinski definition) is 0. The Kier molecular flexibility index (Phi) is 67.1. The summed E-state index contributed by atoms with van der Waals surface area (Å²) in [6.07, 6.45) is 89.9. The second-order valence-electron chi connectivity index (χ2n) is 24.1. The Morgan fingerprint density at radius 3 is 0.765 bits per heavy atom. The van der Waals surface area contributed by atoms with E-state index in [9.17, 15) is 14.4 Å². The van der Waals surface area contributed by atoms with E-state index < -0.39 is 6.10 Å². The third kappa shape index (κ3) is 67.8. The lowest BCUT2D eigenvalue weighted by Gasteiger charge is -2.18. The molecule has 0 fully saturated rings. The summed E-state index contributed by atoms with van der Waals surface area (Å²) in [5.41, 5.74) is 0. The van der Waals surface area contributed by atoms with Crippen LogP contribution in [0.3, 0.4) is 0 Å². The highest BCUT2D eigenvalue weighted by molar-refractivity contribution is 5.71. The van der Waals surface area contributed by atoms with Gasteiger partial charge in [0.25, 0.3) is 0 Å². The molecule has 0 aliphatic heterocycles. The fourth-order valence-electron chi connectivity index (χ4n) is 10.7. The van der Waals surface area contributed by atoms with Gasteiger partial charge in [0, 0.05) is 19.3 Å². The van der Waals surface area contributed by atoms with Gasteiger partial charge in [-0.3, -0.25) is 14.4 Å². The predicted octanol–water partition coefficient (Wildman–Crippen LogP) is 24.7. The van der Waals surface area contributed by atoms with Crippen molar-refractivity contribution in [2.24, 2.45) is 0 Å². The van der Waals surface area contributed by atoms with E-state index >= 15 is 0 Å². The van der Waals surface area contributed by atoms with Crippen LogP contribution < -0.4 is 0 Å². The molecular formula is C75H136O6. The predicted molar refractivity (Wildman–Crippen MR) is 353 cm³/mol. The minimum Gasteiger partial charge on any atom is -0.462 e. The van der Waals surface area contributed by atoms with Gasteiger partial charge in [0.05, 0.1) is 0 Å². The maximum absolute atomic E-state index is 12.9. The van der Waals surface area contributed by atoms with Crippen molar-refractivity contribution in [1.82, 2.24) is 0 Å². The van der Waals surface area contributed by atoms with Crippen molar-refractivity contribution in [1.29, 1.82) is 0 Å². The maximum Gasteiger partial charge on any atom is 0.306 e. The third-order valence-electron chi connectivity index (χ3n) is 16.0. The Balaban J connectivity index is 4.11. The van der Waals surface area contributed by atoms with Crippen LogP contribution >= 0.6 is 0 Å². The topological polar surface area (TPSA) is 78.9 Å². The van der Waals surface area contributed by atoms with Gasteiger partial charge in [-0.05, 0) is 83.5 Å². The summed E-state index contributed by atoms with van der Waals surface area (Å²) >= 11 is 0. The Morgan fingerprint density at radius 2 is 0.481 bits per heavy atom. The molecule has 0 aromatic heterocycles. The van der Waals surface area contributed by atoms with E-state index in [2.05, 4.69) is 81.5 Å². The molecule has 81 heavy (non-hydrogen) atoms. The van der Waals surface area contributed by atoms with Crippen LogP contribution in [0.1, 0.15) is 380 Å². The Hall–Kier alpha value is -2.89. The van der Waals surface area contributed by atoms with E-state index in [1.165, 1.54) is 257 Å². The van der Waals surface area contributed by atoms with Crippen molar-refractivity contribution in [3.8, 4) is 0 Å². The summed E-state index contributed by atoms with van der Waals surface area (Å²) in [6, 6.07) is 0. The smallest absolute Gasteiger partial charge is 0.306 e. The van der Waals surface area contributed by atoms with E-state index in [1.54, 1.807) is 0 Å². The van der Waals surface area contributed by atoms with Gasteiger partial charge < -0.3 is 14.2 Å². The van der Waals surface area contributed by atoms with Gasteiger partial charge in [0.2, 0.25) is 0 Å². The van der Waals surface area contributed by atoms with Gasteiger partial charge in [-0.15, -0.1) is 0 Å². The van der Waals surface area contributed by atoms with Gasteiger partial charge in [0.15, 0.2) is 6.10 Å². The first-order chi connectivity index (χ1) is 40.0. The van der Waals surface area contributed by atoms with Crippen molar-refractivity contribution >= 4 is 17.9 Å². The van der Waals surface area contributed by atoms with Crippen molar-refractivity contribution in [2.75, 3.05) is 13.2 Å².